The first kappa shape index (κ1) is 21.3. The molecule has 0 aliphatic heterocycles. The normalized spacial score (nSPS) is 12.8. The van der Waals surface area contributed by atoms with Crippen molar-refractivity contribution in [2.45, 2.75) is 11.8 Å². The lowest BCUT2D eigenvalue weighted by molar-refractivity contribution is -0.111. The molecule has 0 aliphatic rings. The maximum absolute atomic E-state index is 11.9. The molecule has 0 saturated carbocycles. The van der Waals surface area contributed by atoms with Crippen molar-refractivity contribution in [3.8, 4) is 5.82 Å². The summed E-state index contributed by atoms with van der Waals surface area (Å²) in [5.74, 6) is 0.876. The van der Waals surface area contributed by atoms with Crippen molar-refractivity contribution in [1.82, 2.24) is 14.5 Å². The van der Waals surface area contributed by atoms with E-state index < -0.39 is 9.73 Å². The van der Waals surface area contributed by atoms with Gasteiger partial charge >= 0.3 is 0 Å². The Bertz CT molecular complexity index is 1440. The topological polar surface area (TPSA) is 113 Å². The molecule has 0 bridgehead atoms. The Morgan fingerprint density at radius 1 is 1.16 bits per heavy atom. The molecular weight excluding hydrogens is 424 g/mol. The molecule has 0 saturated heterocycles. The van der Waals surface area contributed by atoms with Gasteiger partial charge in [0.25, 0.3) is 0 Å². The summed E-state index contributed by atoms with van der Waals surface area (Å²) in [5, 5.41) is 6.87. The highest BCUT2D eigenvalue weighted by molar-refractivity contribution is 7.91. The second kappa shape index (κ2) is 8.27. The first-order chi connectivity index (χ1) is 15.2. The third-order valence-electron chi connectivity index (χ3n) is 4.88. The second-order valence-corrected chi connectivity index (χ2v) is 9.50. The number of fused-ring (bicyclic) bond motifs is 1. The van der Waals surface area contributed by atoms with Gasteiger partial charge in [-0.05, 0) is 61.5 Å². The van der Waals surface area contributed by atoms with Crippen LogP contribution >= 0.6 is 0 Å². The van der Waals surface area contributed by atoms with Crippen LogP contribution in [0.5, 0.6) is 0 Å². The largest absolute Gasteiger partial charge is 0.324 e. The van der Waals surface area contributed by atoms with Crippen molar-refractivity contribution < 1.29 is 9.00 Å². The number of hydrogen-bond acceptors (Lipinski definition) is 6. The summed E-state index contributed by atoms with van der Waals surface area (Å²) in [6, 6.07) is 14.4. The molecular formula is C23H22N6O2S. The molecule has 2 aromatic carbocycles. The Morgan fingerprint density at radius 2 is 1.88 bits per heavy atom. The number of carbonyl (C=O) groups is 1. The maximum atomic E-state index is 11.9. The van der Waals surface area contributed by atoms with Crippen LogP contribution in [0.15, 0.2) is 78.5 Å². The van der Waals surface area contributed by atoms with E-state index in [1.54, 1.807) is 30.5 Å². The summed E-state index contributed by atoms with van der Waals surface area (Å²) in [5.41, 5.74) is 3.25. The van der Waals surface area contributed by atoms with Crippen LogP contribution in [0.2, 0.25) is 0 Å². The van der Waals surface area contributed by atoms with E-state index in [4.69, 9.17) is 4.78 Å². The molecule has 1 unspecified atom stereocenters. The van der Waals surface area contributed by atoms with Crippen molar-refractivity contribution >= 4 is 43.9 Å². The van der Waals surface area contributed by atoms with Crippen LogP contribution in [0.25, 0.3) is 16.7 Å². The standard InChI is InChI=1S/C23H22N6O2S/c1-4-21(30)26-18-7-10-20-16(13-18)11-12-29(20)22-15(2)14-25-23(28-22)27-17-5-8-19(9-6-17)32(3,24)31/h4-14,24H,1H2,2-3H3,(H,26,30)(H,25,27,28). The third kappa shape index (κ3) is 4.37. The van der Waals surface area contributed by atoms with Gasteiger partial charge in [-0.2, -0.15) is 4.98 Å². The van der Waals surface area contributed by atoms with Crippen LogP contribution < -0.4 is 10.6 Å². The van der Waals surface area contributed by atoms with Crippen LogP contribution in [0.1, 0.15) is 5.56 Å². The van der Waals surface area contributed by atoms with Gasteiger partial charge in [-0.25, -0.2) is 14.0 Å². The van der Waals surface area contributed by atoms with E-state index in [0.29, 0.717) is 16.5 Å². The molecule has 0 radical (unpaired) electrons. The zero-order valence-electron chi connectivity index (χ0n) is 17.6. The molecule has 1 amide bonds. The highest BCUT2D eigenvalue weighted by Crippen LogP contribution is 2.25. The fourth-order valence-electron chi connectivity index (χ4n) is 3.26. The SMILES string of the molecule is C=CC(=O)Nc1ccc2c(ccn2-c2nc(Nc3ccc(S(C)(=N)=O)cc3)ncc2C)c1. The Labute approximate surface area is 186 Å². The number of hydrogen-bond donors (Lipinski definition) is 3. The van der Waals surface area contributed by atoms with Crippen LogP contribution in [0, 0.1) is 11.7 Å². The minimum Gasteiger partial charge on any atom is -0.324 e. The van der Waals surface area contributed by atoms with E-state index >= 15 is 0 Å². The number of nitrogens with one attached hydrogen (secondary N) is 3. The van der Waals surface area contributed by atoms with Crippen LogP contribution in [-0.2, 0) is 14.5 Å². The number of benzene rings is 2. The monoisotopic (exact) mass is 446 g/mol. The Balaban J connectivity index is 1.65. The second-order valence-electron chi connectivity index (χ2n) is 7.35. The van der Waals surface area contributed by atoms with E-state index in [-0.39, 0.29) is 5.91 Å². The first-order valence-electron chi connectivity index (χ1n) is 9.74. The van der Waals surface area contributed by atoms with Crippen LogP contribution in [0.3, 0.4) is 0 Å². The van der Waals surface area contributed by atoms with Gasteiger partial charge in [0.1, 0.15) is 5.82 Å². The minimum absolute atomic E-state index is 0.261. The van der Waals surface area contributed by atoms with E-state index in [9.17, 15) is 9.00 Å². The molecule has 2 aromatic heterocycles. The quantitative estimate of drug-likeness (QED) is 0.374. The van der Waals surface area contributed by atoms with E-state index in [0.717, 1.165) is 28.0 Å². The molecule has 3 N–H and O–H groups in total. The van der Waals surface area contributed by atoms with Crippen molar-refractivity contribution in [3.05, 3.63) is 79.1 Å². The highest BCUT2D eigenvalue weighted by Gasteiger charge is 2.11. The Kier molecular flexibility index (Phi) is 5.50. The molecule has 8 nitrogen and oxygen atoms in total. The van der Waals surface area contributed by atoms with Crippen LogP contribution in [0.4, 0.5) is 17.3 Å². The zero-order chi connectivity index (χ0) is 22.9. The average Bonchev–Trinajstić information content (AvgIpc) is 3.18. The van der Waals surface area contributed by atoms with E-state index in [2.05, 4.69) is 27.2 Å². The van der Waals surface area contributed by atoms with Gasteiger partial charge in [-0.3, -0.25) is 4.79 Å². The van der Waals surface area contributed by atoms with Crippen molar-refractivity contribution in [2.24, 2.45) is 0 Å². The third-order valence-corrected chi connectivity index (χ3v) is 6.05. The summed E-state index contributed by atoms with van der Waals surface area (Å²) >= 11 is 0. The highest BCUT2D eigenvalue weighted by atomic mass is 32.2. The summed E-state index contributed by atoms with van der Waals surface area (Å²) in [7, 11) is -2.76. The molecule has 4 rings (SSSR count). The molecule has 0 spiro atoms. The maximum Gasteiger partial charge on any atom is 0.247 e. The van der Waals surface area contributed by atoms with Gasteiger partial charge < -0.3 is 15.2 Å². The number of anilines is 3. The number of nitrogens with zero attached hydrogens (tertiary/aromatic N) is 3. The van der Waals surface area contributed by atoms with E-state index in [1.807, 2.05) is 42.0 Å². The number of carbonyl (C=O) groups excluding carboxylic acids is 1. The minimum atomic E-state index is -2.76. The lowest BCUT2D eigenvalue weighted by atomic mass is 10.2. The smallest absolute Gasteiger partial charge is 0.247 e. The first-order valence-corrected chi connectivity index (χ1v) is 11.7. The molecule has 0 fully saturated rings. The van der Waals surface area contributed by atoms with Gasteiger partial charge in [-0.15, -0.1) is 0 Å². The fourth-order valence-corrected chi connectivity index (χ4v) is 3.92. The molecule has 0 aliphatic carbocycles. The van der Waals surface area contributed by atoms with Gasteiger partial charge in [0, 0.05) is 45.9 Å². The van der Waals surface area contributed by atoms with Crippen LogP contribution in [-0.4, -0.2) is 30.9 Å². The summed E-state index contributed by atoms with van der Waals surface area (Å²) < 4.78 is 21.5. The molecule has 32 heavy (non-hydrogen) atoms. The van der Waals surface area contributed by atoms with Gasteiger partial charge in [0.05, 0.1) is 15.2 Å². The predicted octanol–water partition coefficient (Wildman–Crippen LogP) is 4.63. The summed E-state index contributed by atoms with van der Waals surface area (Å²) in [6.45, 7) is 5.40. The fraction of sp³-hybridized carbons (Fsp3) is 0.0870. The van der Waals surface area contributed by atoms with E-state index in [1.165, 1.54) is 12.3 Å². The van der Waals surface area contributed by atoms with Crippen molar-refractivity contribution in [1.29, 1.82) is 4.78 Å². The number of aryl methyl sites for hydroxylation is 1. The van der Waals surface area contributed by atoms with Gasteiger partial charge in [-0.1, -0.05) is 6.58 Å². The number of rotatable bonds is 6. The summed E-state index contributed by atoms with van der Waals surface area (Å²) in [4.78, 5) is 21.1. The molecule has 162 valence electrons. The molecule has 4 aromatic rings. The molecule has 9 heteroatoms. The van der Waals surface area contributed by atoms with Gasteiger partial charge in [0.15, 0.2) is 0 Å². The van der Waals surface area contributed by atoms with Crippen molar-refractivity contribution in [3.63, 3.8) is 0 Å². The molecule has 2 heterocycles. The zero-order valence-corrected chi connectivity index (χ0v) is 18.4. The molecule has 1 atom stereocenters. The summed E-state index contributed by atoms with van der Waals surface area (Å²) in [6.07, 6.45) is 6.29. The lowest BCUT2D eigenvalue weighted by Gasteiger charge is -2.12. The number of amides is 1. The van der Waals surface area contributed by atoms with Gasteiger partial charge in [0.2, 0.25) is 11.9 Å². The average molecular weight is 447 g/mol. The lowest BCUT2D eigenvalue weighted by Crippen LogP contribution is -2.07. The Hall–Kier alpha value is -3.98. The number of aromatic nitrogens is 3. The van der Waals surface area contributed by atoms with Crippen molar-refractivity contribution in [2.75, 3.05) is 16.9 Å². The Morgan fingerprint density at radius 3 is 2.56 bits per heavy atom. The predicted molar refractivity (Wildman–Crippen MR) is 127 cm³/mol.